The Kier molecular flexibility index (Phi) is 4.24. The minimum Gasteiger partial charge on any atom is -0.507 e. The molecule has 2 rings (SSSR count). The minimum atomic E-state index is -0.119. The fourth-order valence-electron chi connectivity index (χ4n) is 2.24. The number of nitrogens with one attached hydrogen (secondary N) is 1. The van der Waals surface area contributed by atoms with Gasteiger partial charge in [0.05, 0.1) is 5.56 Å². The molecule has 1 aromatic rings. The molecule has 18 heavy (non-hydrogen) atoms. The van der Waals surface area contributed by atoms with Crippen LogP contribution in [0.4, 0.5) is 0 Å². The molecule has 1 aromatic carbocycles. The van der Waals surface area contributed by atoms with E-state index in [4.69, 9.17) is 0 Å². The van der Waals surface area contributed by atoms with Gasteiger partial charge in [0.25, 0.3) is 5.91 Å². The highest BCUT2D eigenvalue weighted by molar-refractivity contribution is 9.10. The Morgan fingerprint density at radius 1 is 1.44 bits per heavy atom. The first kappa shape index (κ1) is 13.4. The van der Waals surface area contributed by atoms with Crippen LogP contribution in [0.3, 0.4) is 0 Å². The van der Waals surface area contributed by atoms with E-state index in [1.807, 2.05) is 0 Å². The van der Waals surface area contributed by atoms with Gasteiger partial charge in [0, 0.05) is 17.6 Å². The van der Waals surface area contributed by atoms with Crippen molar-refractivity contribution in [1.82, 2.24) is 10.2 Å². The van der Waals surface area contributed by atoms with Crippen molar-refractivity contribution in [2.45, 2.75) is 18.9 Å². The first-order chi connectivity index (χ1) is 8.59. The number of carbonyl (C=O) groups is 1. The van der Waals surface area contributed by atoms with Crippen LogP contribution in [-0.4, -0.2) is 42.1 Å². The number of amides is 1. The smallest absolute Gasteiger partial charge is 0.257 e. The monoisotopic (exact) mass is 312 g/mol. The molecule has 0 radical (unpaired) electrons. The van der Waals surface area contributed by atoms with E-state index in [1.165, 1.54) is 0 Å². The van der Waals surface area contributed by atoms with E-state index in [2.05, 4.69) is 21.2 Å². The molecule has 5 heteroatoms. The Hall–Kier alpha value is -1.07. The van der Waals surface area contributed by atoms with E-state index in [1.54, 1.807) is 30.1 Å². The molecular formula is C13H17BrN2O2. The van der Waals surface area contributed by atoms with Crippen LogP contribution in [-0.2, 0) is 0 Å². The van der Waals surface area contributed by atoms with Crippen molar-refractivity contribution in [3.05, 3.63) is 28.2 Å². The number of piperidine rings is 1. The van der Waals surface area contributed by atoms with E-state index in [9.17, 15) is 9.90 Å². The van der Waals surface area contributed by atoms with E-state index < -0.39 is 0 Å². The molecule has 1 heterocycles. The summed E-state index contributed by atoms with van der Waals surface area (Å²) in [5.74, 6) is -0.0953. The lowest BCUT2D eigenvalue weighted by molar-refractivity contribution is 0.0700. The van der Waals surface area contributed by atoms with Gasteiger partial charge in [-0.05, 0) is 44.1 Å². The maximum atomic E-state index is 12.3. The van der Waals surface area contributed by atoms with Gasteiger partial charge in [-0.2, -0.15) is 0 Å². The maximum absolute atomic E-state index is 12.3. The summed E-state index contributed by atoms with van der Waals surface area (Å²) in [5.41, 5.74) is 0.360. The highest BCUT2D eigenvalue weighted by Gasteiger charge is 2.24. The lowest BCUT2D eigenvalue weighted by atomic mass is 10.0. The molecule has 98 valence electrons. The molecule has 0 unspecified atom stereocenters. The van der Waals surface area contributed by atoms with Gasteiger partial charge in [-0.1, -0.05) is 15.9 Å². The molecule has 2 N–H and O–H groups in total. The summed E-state index contributed by atoms with van der Waals surface area (Å²) in [6.07, 6.45) is 1.92. The Bertz CT molecular complexity index is 445. The predicted molar refractivity (Wildman–Crippen MR) is 73.8 cm³/mol. The third kappa shape index (κ3) is 2.84. The summed E-state index contributed by atoms with van der Waals surface area (Å²) in [6, 6.07) is 5.22. The molecule has 0 aromatic heterocycles. The fraction of sp³-hybridized carbons (Fsp3) is 0.462. The standard InChI is InChI=1S/C13H17BrN2O2/c1-16(10-4-6-15-7-5-10)13(18)11-3-2-9(14)8-12(11)17/h2-3,8,10,15,17H,4-7H2,1H3. The molecule has 1 fully saturated rings. The third-order valence-electron chi connectivity index (χ3n) is 3.37. The third-order valence-corrected chi connectivity index (χ3v) is 3.86. The van der Waals surface area contributed by atoms with Gasteiger partial charge >= 0.3 is 0 Å². The average molecular weight is 313 g/mol. The summed E-state index contributed by atoms with van der Waals surface area (Å²) < 4.78 is 0.765. The zero-order chi connectivity index (χ0) is 13.1. The molecular weight excluding hydrogens is 296 g/mol. The zero-order valence-electron chi connectivity index (χ0n) is 10.3. The van der Waals surface area contributed by atoms with Gasteiger partial charge in [0.2, 0.25) is 0 Å². The summed E-state index contributed by atoms with van der Waals surface area (Å²) in [4.78, 5) is 14.0. The predicted octanol–water partition coefficient (Wildman–Crippen LogP) is 1.98. The van der Waals surface area contributed by atoms with Crippen molar-refractivity contribution in [1.29, 1.82) is 0 Å². The second-order valence-corrected chi connectivity index (χ2v) is 5.47. The van der Waals surface area contributed by atoms with Crippen LogP contribution in [0.1, 0.15) is 23.2 Å². The number of phenolic OH excluding ortho intramolecular Hbond substituents is 1. The van der Waals surface area contributed by atoms with Crippen LogP contribution >= 0.6 is 15.9 Å². The summed E-state index contributed by atoms with van der Waals surface area (Å²) in [5, 5.41) is 13.1. The second-order valence-electron chi connectivity index (χ2n) is 4.56. The lowest BCUT2D eigenvalue weighted by Crippen LogP contribution is -2.43. The van der Waals surface area contributed by atoms with E-state index in [-0.39, 0.29) is 17.7 Å². The largest absolute Gasteiger partial charge is 0.507 e. The first-order valence-corrected chi connectivity index (χ1v) is 6.85. The zero-order valence-corrected chi connectivity index (χ0v) is 11.9. The van der Waals surface area contributed by atoms with Gasteiger partial charge in [-0.25, -0.2) is 0 Å². The van der Waals surface area contributed by atoms with Crippen molar-refractivity contribution in [3.8, 4) is 5.75 Å². The van der Waals surface area contributed by atoms with Gasteiger partial charge < -0.3 is 15.3 Å². The van der Waals surface area contributed by atoms with Crippen molar-refractivity contribution in [2.24, 2.45) is 0 Å². The number of benzene rings is 1. The molecule has 1 aliphatic rings. The highest BCUT2D eigenvalue weighted by atomic mass is 79.9. The number of aromatic hydroxyl groups is 1. The normalized spacial score (nSPS) is 16.6. The molecule has 0 bridgehead atoms. The lowest BCUT2D eigenvalue weighted by Gasteiger charge is -2.31. The summed E-state index contributed by atoms with van der Waals surface area (Å²) in [6.45, 7) is 1.88. The Balaban J connectivity index is 2.14. The van der Waals surface area contributed by atoms with Gasteiger partial charge in [0.1, 0.15) is 5.75 Å². The van der Waals surface area contributed by atoms with Crippen LogP contribution in [0, 0.1) is 0 Å². The SMILES string of the molecule is CN(C(=O)c1ccc(Br)cc1O)C1CCNCC1. The van der Waals surface area contributed by atoms with Crippen molar-refractivity contribution >= 4 is 21.8 Å². The maximum Gasteiger partial charge on any atom is 0.257 e. The molecule has 0 saturated carbocycles. The number of rotatable bonds is 2. The summed E-state index contributed by atoms with van der Waals surface area (Å²) >= 11 is 3.27. The van der Waals surface area contributed by atoms with Gasteiger partial charge in [-0.15, -0.1) is 0 Å². The van der Waals surface area contributed by atoms with Crippen molar-refractivity contribution in [3.63, 3.8) is 0 Å². The Labute approximate surface area is 115 Å². The van der Waals surface area contributed by atoms with Gasteiger partial charge in [0.15, 0.2) is 0 Å². The molecule has 0 spiro atoms. The number of halogens is 1. The van der Waals surface area contributed by atoms with E-state index in [0.29, 0.717) is 5.56 Å². The molecule has 1 aliphatic heterocycles. The van der Waals surface area contributed by atoms with Gasteiger partial charge in [-0.3, -0.25) is 4.79 Å². The number of hydrogen-bond donors (Lipinski definition) is 2. The number of nitrogens with zero attached hydrogens (tertiary/aromatic N) is 1. The van der Waals surface area contributed by atoms with Crippen LogP contribution in [0.2, 0.25) is 0 Å². The Morgan fingerprint density at radius 3 is 2.72 bits per heavy atom. The van der Waals surface area contributed by atoms with Crippen LogP contribution in [0.5, 0.6) is 5.75 Å². The number of hydrogen-bond acceptors (Lipinski definition) is 3. The Morgan fingerprint density at radius 2 is 2.11 bits per heavy atom. The number of carbonyl (C=O) groups excluding carboxylic acids is 1. The van der Waals surface area contributed by atoms with E-state index in [0.717, 1.165) is 30.4 Å². The average Bonchev–Trinajstić information content (AvgIpc) is 2.38. The second kappa shape index (κ2) is 5.71. The first-order valence-electron chi connectivity index (χ1n) is 6.06. The van der Waals surface area contributed by atoms with Crippen molar-refractivity contribution < 1.29 is 9.90 Å². The molecule has 1 amide bonds. The van der Waals surface area contributed by atoms with Crippen molar-refractivity contribution in [2.75, 3.05) is 20.1 Å². The summed E-state index contributed by atoms with van der Waals surface area (Å²) in [7, 11) is 1.81. The molecule has 4 nitrogen and oxygen atoms in total. The van der Waals surface area contributed by atoms with E-state index >= 15 is 0 Å². The highest BCUT2D eigenvalue weighted by Crippen LogP contribution is 2.24. The fourth-order valence-corrected chi connectivity index (χ4v) is 2.58. The number of phenols is 1. The van der Waals surface area contributed by atoms with Crippen LogP contribution < -0.4 is 5.32 Å². The van der Waals surface area contributed by atoms with Crippen LogP contribution in [0.15, 0.2) is 22.7 Å². The minimum absolute atomic E-state index is 0.0233. The quantitative estimate of drug-likeness (QED) is 0.878. The van der Waals surface area contributed by atoms with Crippen LogP contribution in [0.25, 0.3) is 0 Å². The molecule has 1 saturated heterocycles. The molecule has 0 aliphatic carbocycles. The molecule has 0 atom stereocenters. The topological polar surface area (TPSA) is 52.6 Å².